The number of hydrogen-bond donors (Lipinski definition) is 0. The van der Waals surface area contributed by atoms with Crippen LogP contribution in [0.3, 0.4) is 0 Å². The lowest BCUT2D eigenvalue weighted by Gasteiger charge is -2.22. The first-order chi connectivity index (χ1) is 13.7. The van der Waals surface area contributed by atoms with Gasteiger partial charge < -0.3 is 0 Å². The van der Waals surface area contributed by atoms with Gasteiger partial charge in [0.1, 0.15) is 0 Å². The van der Waals surface area contributed by atoms with E-state index >= 15 is 0 Å². The maximum Gasteiger partial charge on any atom is 0.256 e. The highest BCUT2D eigenvalue weighted by Gasteiger charge is 2.36. The molecule has 0 amide bonds. The first-order valence-corrected chi connectivity index (χ1v) is 12.0. The third-order valence-electron chi connectivity index (χ3n) is 4.60. The SMILES string of the molecule is Cc1ccc(S(=O)(=O)N(CCc2ccccc2)S(=O)(=O)c2ccc(C)cc2)cc1. The fraction of sp³-hybridized carbons (Fsp3) is 0.182. The van der Waals surface area contributed by atoms with Crippen molar-refractivity contribution < 1.29 is 16.8 Å². The minimum atomic E-state index is -4.26. The van der Waals surface area contributed by atoms with Crippen molar-refractivity contribution in [2.45, 2.75) is 30.1 Å². The van der Waals surface area contributed by atoms with E-state index < -0.39 is 20.0 Å². The van der Waals surface area contributed by atoms with Gasteiger partial charge in [0.25, 0.3) is 20.0 Å². The monoisotopic (exact) mass is 429 g/mol. The smallest absolute Gasteiger partial charge is 0.206 e. The summed E-state index contributed by atoms with van der Waals surface area (Å²) < 4.78 is 53.8. The van der Waals surface area contributed by atoms with Crippen LogP contribution in [0, 0.1) is 13.8 Å². The fourth-order valence-corrected chi connectivity index (χ4v) is 6.53. The molecule has 0 bridgehead atoms. The molecule has 0 aromatic heterocycles. The summed E-state index contributed by atoms with van der Waals surface area (Å²) in [5.41, 5.74) is 2.64. The standard InChI is InChI=1S/C22H23NO4S2/c1-18-8-12-21(13-9-18)28(24,25)23(17-16-20-6-4-3-5-7-20)29(26,27)22-14-10-19(2)11-15-22/h3-15H,16-17H2,1-2H3. The first kappa shape index (κ1) is 21.2. The molecule has 0 spiro atoms. The zero-order chi connectivity index (χ0) is 21.1. The summed E-state index contributed by atoms with van der Waals surface area (Å²) in [5, 5.41) is 0. The summed E-state index contributed by atoms with van der Waals surface area (Å²) in [4.78, 5) is -0.0984. The second kappa shape index (κ2) is 8.49. The van der Waals surface area contributed by atoms with E-state index in [1.807, 2.05) is 44.2 Å². The highest BCUT2D eigenvalue weighted by molar-refractivity contribution is 8.04. The molecule has 0 unspecified atom stereocenters. The molecule has 3 rings (SSSR count). The Morgan fingerprint density at radius 2 is 1.03 bits per heavy atom. The molecular formula is C22H23NO4S2. The molecule has 3 aromatic carbocycles. The van der Waals surface area contributed by atoms with E-state index in [9.17, 15) is 16.8 Å². The number of nitrogens with zero attached hydrogens (tertiary/aromatic N) is 1. The van der Waals surface area contributed by atoms with Crippen molar-refractivity contribution in [1.29, 1.82) is 0 Å². The summed E-state index contributed by atoms with van der Waals surface area (Å²) in [6.45, 7) is 3.50. The van der Waals surface area contributed by atoms with Crippen LogP contribution in [0.25, 0.3) is 0 Å². The third kappa shape index (κ3) is 4.75. The maximum absolute atomic E-state index is 13.3. The minimum Gasteiger partial charge on any atom is -0.206 e. The largest absolute Gasteiger partial charge is 0.256 e. The Bertz CT molecular complexity index is 1090. The number of aryl methyl sites for hydroxylation is 2. The number of benzene rings is 3. The summed E-state index contributed by atoms with van der Waals surface area (Å²) >= 11 is 0. The van der Waals surface area contributed by atoms with Gasteiger partial charge in [-0.2, -0.15) is 0 Å². The Labute approximate surface area is 172 Å². The Morgan fingerprint density at radius 1 is 0.621 bits per heavy atom. The predicted octanol–water partition coefficient (Wildman–Crippen LogP) is 3.93. The zero-order valence-corrected chi connectivity index (χ0v) is 17.9. The molecule has 0 aliphatic rings. The van der Waals surface area contributed by atoms with E-state index in [4.69, 9.17) is 0 Å². The lowest BCUT2D eigenvalue weighted by Crippen LogP contribution is -2.38. The molecule has 0 aliphatic heterocycles. The van der Waals surface area contributed by atoms with Gasteiger partial charge in [0.15, 0.2) is 0 Å². The molecule has 0 N–H and O–H groups in total. The van der Waals surface area contributed by atoms with Crippen molar-refractivity contribution in [2.24, 2.45) is 0 Å². The number of hydrogen-bond acceptors (Lipinski definition) is 4. The average Bonchev–Trinajstić information content (AvgIpc) is 2.69. The predicted molar refractivity (Wildman–Crippen MR) is 114 cm³/mol. The molecule has 0 saturated carbocycles. The summed E-state index contributed by atoms with van der Waals surface area (Å²) in [6.07, 6.45) is 0.275. The van der Waals surface area contributed by atoms with Crippen molar-refractivity contribution in [3.63, 3.8) is 0 Å². The van der Waals surface area contributed by atoms with Crippen molar-refractivity contribution in [3.05, 3.63) is 95.6 Å². The molecule has 0 atom stereocenters. The second-order valence-electron chi connectivity index (χ2n) is 6.87. The topological polar surface area (TPSA) is 71.5 Å². The zero-order valence-electron chi connectivity index (χ0n) is 16.3. The molecular weight excluding hydrogens is 406 g/mol. The third-order valence-corrected chi connectivity index (χ3v) is 8.95. The van der Waals surface area contributed by atoms with Crippen molar-refractivity contribution in [1.82, 2.24) is 3.71 Å². The molecule has 0 fully saturated rings. The summed E-state index contributed by atoms with van der Waals surface area (Å²) in [6, 6.07) is 21.6. The molecule has 0 saturated heterocycles. The lowest BCUT2D eigenvalue weighted by atomic mass is 10.2. The highest BCUT2D eigenvalue weighted by atomic mass is 32.3. The summed E-state index contributed by atoms with van der Waals surface area (Å²) in [5.74, 6) is 0. The fourth-order valence-electron chi connectivity index (χ4n) is 2.89. The van der Waals surface area contributed by atoms with E-state index in [1.165, 1.54) is 24.3 Å². The number of sulfonamides is 2. The molecule has 0 heterocycles. The van der Waals surface area contributed by atoms with Gasteiger partial charge in [-0.3, -0.25) is 0 Å². The van der Waals surface area contributed by atoms with Crippen LogP contribution < -0.4 is 0 Å². The van der Waals surface area contributed by atoms with E-state index in [-0.39, 0.29) is 22.8 Å². The van der Waals surface area contributed by atoms with Crippen LogP contribution in [-0.4, -0.2) is 27.1 Å². The molecule has 3 aromatic rings. The lowest BCUT2D eigenvalue weighted by molar-refractivity contribution is 0.497. The molecule has 0 radical (unpaired) electrons. The van der Waals surface area contributed by atoms with Crippen LogP contribution in [0.1, 0.15) is 16.7 Å². The molecule has 152 valence electrons. The van der Waals surface area contributed by atoms with Gasteiger partial charge in [0.05, 0.1) is 9.79 Å². The molecule has 7 heteroatoms. The number of rotatable bonds is 7. The highest BCUT2D eigenvalue weighted by Crippen LogP contribution is 2.25. The maximum atomic E-state index is 13.3. The molecule has 5 nitrogen and oxygen atoms in total. The van der Waals surface area contributed by atoms with Gasteiger partial charge in [-0.15, -0.1) is 0 Å². The van der Waals surface area contributed by atoms with Gasteiger partial charge in [-0.05, 0) is 50.1 Å². The Hall–Kier alpha value is -2.48. The summed E-state index contributed by atoms with van der Waals surface area (Å²) in [7, 11) is -8.52. The van der Waals surface area contributed by atoms with E-state index in [0.717, 1.165) is 16.7 Å². The van der Waals surface area contributed by atoms with Gasteiger partial charge in [-0.25, -0.2) is 16.8 Å². The molecule has 29 heavy (non-hydrogen) atoms. The van der Waals surface area contributed by atoms with Crippen molar-refractivity contribution in [2.75, 3.05) is 6.54 Å². The molecule has 0 aliphatic carbocycles. The second-order valence-corrected chi connectivity index (χ2v) is 10.8. The van der Waals surface area contributed by atoms with Crippen LogP contribution in [-0.2, 0) is 26.5 Å². The van der Waals surface area contributed by atoms with Crippen molar-refractivity contribution in [3.8, 4) is 0 Å². The van der Waals surface area contributed by atoms with Crippen LogP contribution in [0.4, 0.5) is 0 Å². The quantitative estimate of drug-likeness (QED) is 0.571. The van der Waals surface area contributed by atoms with E-state index in [1.54, 1.807) is 24.3 Å². The van der Waals surface area contributed by atoms with Crippen LogP contribution in [0.2, 0.25) is 0 Å². The van der Waals surface area contributed by atoms with E-state index in [2.05, 4.69) is 0 Å². The Balaban J connectivity index is 2.05. The van der Waals surface area contributed by atoms with E-state index in [0.29, 0.717) is 3.71 Å². The minimum absolute atomic E-state index is 0.0492. The Morgan fingerprint density at radius 3 is 1.45 bits per heavy atom. The Kier molecular flexibility index (Phi) is 6.21. The average molecular weight is 430 g/mol. The normalized spacial score (nSPS) is 12.2. The van der Waals surface area contributed by atoms with Crippen LogP contribution in [0.15, 0.2) is 88.7 Å². The van der Waals surface area contributed by atoms with Crippen molar-refractivity contribution >= 4 is 20.0 Å². The van der Waals surface area contributed by atoms with Crippen LogP contribution >= 0.6 is 0 Å². The van der Waals surface area contributed by atoms with Gasteiger partial charge >= 0.3 is 0 Å². The first-order valence-electron chi connectivity index (χ1n) is 9.16. The van der Waals surface area contributed by atoms with Gasteiger partial charge in [0.2, 0.25) is 0 Å². The van der Waals surface area contributed by atoms with Gasteiger partial charge in [-0.1, -0.05) is 69.4 Å². The van der Waals surface area contributed by atoms with Gasteiger partial charge in [0, 0.05) is 6.54 Å². The van der Waals surface area contributed by atoms with Crippen LogP contribution in [0.5, 0.6) is 0 Å².